The Hall–Kier alpha value is -2.58. The number of amides is 1. The number of carbonyl (C=O) groups excluding carboxylic acids is 1. The number of nitro groups is 1. The zero-order valence-corrected chi connectivity index (χ0v) is 13.6. The highest BCUT2D eigenvalue weighted by Crippen LogP contribution is 2.34. The molecule has 0 unspecified atom stereocenters. The number of hydrogen-bond donors (Lipinski definition) is 0. The molecule has 3 rings (SSSR count). The van der Waals surface area contributed by atoms with Crippen LogP contribution in [0.25, 0.3) is 0 Å². The maximum absolute atomic E-state index is 11.8. The SMILES string of the molecule is CC(=O)N1N=C(c2ccc(Cl)c(Cl)c2)O[C@H]1c1ccc([N+](=O)[O-])o1. The maximum Gasteiger partial charge on any atom is 0.433 e. The molecule has 10 heteroatoms. The summed E-state index contributed by atoms with van der Waals surface area (Å²) in [6, 6.07) is 7.25. The van der Waals surface area contributed by atoms with Crippen LogP contribution >= 0.6 is 23.2 Å². The fourth-order valence-electron chi connectivity index (χ4n) is 2.07. The molecule has 1 aromatic carbocycles. The summed E-state index contributed by atoms with van der Waals surface area (Å²) < 4.78 is 10.7. The third-order valence-corrected chi connectivity index (χ3v) is 3.91. The average molecular weight is 370 g/mol. The van der Waals surface area contributed by atoms with E-state index in [1.54, 1.807) is 12.1 Å². The number of ether oxygens (including phenoxy) is 1. The van der Waals surface area contributed by atoms with Gasteiger partial charge in [-0.3, -0.25) is 14.9 Å². The fraction of sp³-hybridized carbons (Fsp3) is 0.143. The molecule has 1 aromatic heterocycles. The third-order valence-electron chi connectivity index (χ3n) is 3.17. The van der Waals surface area contributed by atoms with E-state index < -0.39 is 22.9 Å². The predicted octanol–water partition coefficient (Wildman–Crippen LogP) is 3.73. The van der Waals surface area contributed by atoms with Crippen molar-refractivity contribution in [1.82, 2.24) is 5.01 Å². The van der Waals surface area contributed by atoms with E-state index in [4.69, 9.17) is 32.4 Å². The van der Waals surface area contributed by atoms with Crippen molar-refractivity contribution in [2.45, 2.75) is 13.2 Å². The van der Waals surface area contributed by atoms with E-state index in [0.717, 1.165) is 5.01 Å². The van der Waals surface area contributed by atoms with Crippen molar-refractivity contribution in [3.63, 3.8) is 0 Å². The van der Waals surface area contributed by atoms with Crippen LogP contribution in [-0.2, 0) is 9.53 Å². The largest absolute Gasteiger partial charge is 0.442 e. The number of benzene rings is 1. The molecule has 0 bridgehead atoms. The fourth-order valence-corrected chi connectivity index (χ4v) is 2.37. The van der Waals surface area contributed by atoms with Gasteiger partial charge in [0.2, 0.25) is 11.8 Å². The Morgan fingerprint density at radius 1 is 1.29 bits per heavy atom. The Kier molecular flexibility index (Phi) is 4.16. The van der Waals surface area contributed by atoms with Crippen LogP contribution < -0.4 is 0 Å². The van der Waals surface area contributed by atoms with Gasteiger partial charge in [0.1, 0.15) is 4.92 Å². The molecule has 0 N–H and O–H groups in total. The second-order valence-corrected chi connectivity index (χ2v) is 5.62. The lowest BCUT2D eigenvalue weighted by atomic mass is 10.2. The second-order valence-electron chi connectivity index (χ2n) is 4.80. The van der Waals surface area contributed by atoms with Gasteiger partial charge in [-0.25, -0.2) is 0 Å². The Bertz CT molecular complexity index is 864. The van der Waals surface area contributed by atoms with Crippen LogP contribution in [0, 0.1) is 10.1 Å². The average Bonchev–Trinajstić information content (AvgIpc) is 3.15. The van der Waals surface area contributed by atoms with Crippen LogP contribution in [0.1, 0.15) is 24.5 Å². The van der Waals surface area contributed by atoms with Crippen molar-refractivity contribution in [1.29, 1.82) is 0 Å². The molecule has 2 aromatic rings. The lowest BCUT2D eigenvalue weighted by molar-refractivity contribution is -0.402. The summed E-state index contributed by atoms with van der Waals surface area (Å²) >= 11 is 11.8. The van der Waals surface area contributed by atoms with Gasteiger partial charge >= 0.3 is 5.88 Å². The van der Waals surface area contributed by atoms with Gasteiger partial charge in [-0.2, -0.15) is 5.01 Å². The molecular formula is C14H9Cl2N3O5. The van der Waals surface area contributed by atoms with Crippen LogP contribution in [0.2, 0.25) is 10.0 Å². The summed E-state index contributed by atoms with van der Waals surface area (Å²) in [5, 5.41) is 16.5. The summed E-state index contributed by atoms with van der Waals surface area (Å²) in [5.41, 5.74) is 0.499. The van der Waals surface area contributed by atoms with Crippen molar-refractivity contribution < 1.29 is 18.9 Å². The lowest BCUT2D eigenvalue weighted by Gasteiger charge is -2.16. The Labute approximate surface area is 145 Å². The summed E-state index contributed by atoms with van der Waals surface area (Å²) in [6.45, 7) is 1.29. The van der Waals surface area contributed by atoms with Gasteiger partial charge < -0.3 is 9.15 Å². The molecular weight excluding hydrogens is 361 g/mol. The van der Waals surface area contributed by atoms with E-state index in [-0.39, 0.29) is 11.7 Å². The van der Waals surface area contributed by atoms with Crippen LogP contribution in [0.4, 0.5) is 5.88 Å². The Morgan fingerprint density at radius 2 is 2.04 bits per heavy atom. The zero-order valence-electron chi connectivity index (χ0n) is 12.1. The molecule has 0 fully saturated rings. The van der Waals surface area contributed by atoms with Crippen LogP contribution in [0.5, 0.6) is 0 Å². The van der Waals surface area contributed by atoms with Crippen LogP contribution in [0.3, 0.4) is 0 Å². The Morgan fingerprint density at radius 3 is 2.62 bits per heavy atom. The number of furan rings is 1. The molecule has 8 nitrogen and oxygen atoms in total. The summed E-state index contributed by atoms with van der Waals surface area (Å²) in [7, 11) is 0. The van der Waals surface area contributed by atoms with E-state index in [1.165, 1.54) is 25.1 Å². The maximum atomic E-state index is 11.8. The third kappa shape index (κ3) is 2.93. The summed E-state index contributed by atoms with van der Waals surface area (Å²) in [5.74, 6) is -0.683. The highest BCUT2D eigenvalue weighted by molar-refractivity contribution is 6.42. The van der Waals surface area contributed by atoms with Gasteiger partial charge in [0.25, 0.3) is 6.23 Å². The first-order valence-electron chi connectivity index (χ1n) is 6.61. The number of rotatable bonds is 3. The standard InChI is InChI=1S/C14H9Cl2N3O5/c1-7(20)18-14(11-4-5-12(23-11)19(21)22)24-13(17-18)8-2-3-9(15)10(16)6-8/h2-6,14H,1H3/t14-/m0/s1. The molecule has 1 atom stereocenters. The zero-order chi connectivity index (χ0) is 17.4. The number of hydrogen-bond acceptors (Lipinski definition) is 6. The van der Waals surface area contributed by atoms with Gasteiger partial charge in [0.05, 0.1) is 16.1 Å². The topological polar surface area (TPSA) is 98.2 Å². The first-order valence-corrected chi connectivity index (χ1v) is 7.37. The molecule has 124 valence electrons. The molecule has 24 heavy (non-hydrogen) atoms. The van der Waals surface area contributed by atoms with E-state index in [2.05, 4.69) is 5.10 Å². The van der Waals surface area contributed by atoms with Crippen molar-refractivity contribution in [3.8, 4) is 0 Å². The summed E-state index contributed by atoms with van der Waals surface area (Å²) in [4.78, 5) is 21.8. The van der Waals surface area contributed by atoms with Gasteiger partial charge in [-0.05, 0) is 24.3 Å². The molecule has 0 saturated carbocycles. The molecule has 0 spiro atoms. The minimum absolute atomic E-state index is 0.0794. The molecule has 1 aliphatic rings. The van der Waals surface area contributed by atoms with E-state index in [9.17, 15) is 14.9 Å². The quantitative estimate of drug-likeness (QED) is 0.606. The smallest absolute Gasteiger partial charge is 0.433 e. The highest BCUT2D eigenvalue weighted by Gasteiger charge is 2.36. The minimum atomic E-state index is -1.04. The highest BCUT2D eigenvalue weighted by atomic mass is 35.5. The number of nitrogens with zero attached hydrogens (tertiary/aromatic N) is 3. The molecule has 0 aliphatic carbocycles. The summed E-state index contributed by atoms with van der Waals surface area (Å²) in [6.07, 6.45) is -1.04. The molecule has 2 heterocycles. The van der Waals surface area contributed by atoms with Crippen LogP contribution in [0.15, 0.2) is 39.9 Å². The predicted molar refractivity (Wildman–Crippen MR) is 84.7 cm³/mol. The normalized spacial score (nSPS) is 16.7. The first kappa shape index (κ1) is 16.3. The van der Waals surface area contributed by atoms with Crippen molar-refractivity contribution in [2.24, 2.45) is 5.10 Å². The molecule has 1 aliphatic heterocycles. The van der Waals surface area contributed by atoms with Gasteiger partial charge in [0, 0.05) is 12.5 Å². The molecule has 0 saturated heterocycles. The van der Waals surface area contributed by atoms with Crippen LogP contribution in [-0.4, -0.2) is 21.7 Å². The van der Waals surface area contributed by atoms with E-state index in [0.29, 0.717) is 15.6 Å². The number of halogens is 2. The van der Waals surface area contributed by atoms with Crippen molar-refractivity contribution in [3.05, 3.63) is 61.8 Å². The molecule has 0 radical (unpaired) electrons. The Balaban J connectivity index is 1.94. The van der Waals surface area contributed by atoms with Gasteiger partial charge in [-0.15, -0.1) is 5.10 Å². The number of hydrazone groups is 1. The van der Waals surface area contributed by atoms with Gasteiger partial charge in [0.15, 0.2) is 5.76 Å². The van der Waals surface area contributed by atoms with E-state index in [1.807, 2.05) is 0 Å². The first-order chi connectivity index (χ1) is 11.4. The van der Waals surface area contributed by atoms with Gasteiger partial charge in [-0.1, -0.05) is 23.2 Å². The monoisotopic (exact) mass is 369 g/mol. The second kappa shape index (κ2) is 6.14. The van der Waals surface area contributed by atoms with Crippen molar-refractivity contribution in [2.75, 3.05) is 0 Å². The van der Waals surface area contributed by atoms with Crippen molar-refractivity contribution >= 4 is 40.9 Å². The molecule has 1 amide bonds. The lowest BCUT2D eigenvalue weighted by Crippen LogP contribution is -2.24. The van der Waals surface area contributed by atoms with E-state index >= 15 is 0 Å². The number of carbonyl (C=O) groups is 1. The minimum Gasteiger partial charge on any atom is -0.442 e.